The maximum Gasteiger partial charge on any atom is 0.147 e. The van der Waals surface area contributed by atoms with Gasteiger partial charge in [-0.1, -0.05) is 24.3 Å². The van der Waals surface area contributed by atoms with Crippen molar-refractivity contribution in [2.75, 3.05) is 12.0 Å². The molecule has 2 rings (SSSR count). The second-order valence-electron chi connectivity index (χ2n) is 3.90. The van der Waals surface area contributed by atoms with Gasteiger partial charge in [-0.05, 0) is 11.5 Å². The van der Waals surface area contributed by atoms with Gasteiger partial charge in [0.2, 0.25) is 0 Å². The molecule has 0 amide bonds. The molecule has 0 N–H and O–H groups in total. The van der Waals surface area contributed by atoms with Crippen LogP contribution in [0.1, 0.15) is 5.69 Å². The van der Waals surface area contributed by atoms with Gasteiger partial charge in [-0.15, -0.1) is 0 Å². The number of hydrogen-bond acceptors (Lipinski definition) is 3. The lowest BCUT2D eigenvalue weighted by Gasteiger charge is -2.02. The summed E-state index contributed by atoms with van der Waals surface area (Å²) < 4.78 is 22.1. The van der Waals surface area contributed by atoms with Crippen molar-refractivity contribution in [3.05, 3.63) is 42.2 Å². The van der Waals surface area contributed by atoms with E-state index in [0.717, 1.165) is 16.5 Å². The van der Waals surface area contributed by atoms with E-state index in [4.69, 9.17) is 0 Å². The summed E-state index contributed by atoms with van der Waals surface area (Å²) in [6.45, 7) is 0. The molecule has 1 aromatic heterocycles. The van der Waals surface area contributed by atoms with Crippen LogP contribution in [0.3, 0.4) is 0 Å². The second kappa shape index (κ2) is 4.22. The number of sulfone groups is 1. The summed E-state index contributed by atoms with van der Waals surface area (Å²) in [5, 5.41) is 2.17. The minimum Gasteiger partial charge on any atom is -0.261 e. The van der Waals surface area contributed by atoms with Crippen LogP contribution in [-0.4, -0.2) is 25.4 Å². The summed E-state index contributed by atoms with van der Waals surface area (Å²) in [5.41, 5.74) is 0.823. The number of aromatic nitrogens is 1. The first-order valence-corrected chi connectivity index (χ1v) is 7.12. The highest BCUT2D eigenvalue weighted by Crippen LogP contribution is 2.13. The molecule has 0 saturated carbocycles. The third-order valence-corrected chi connectivity index (χ3v) is 3.36. The Morgan fingerprint density at radius 3 is 2.56 bits per heavy atom. The van der Waals surface area contributed by atoms with E-state index in [1.807, 2.05) is 30.3 Å². The van der Waals surface area contributed by atoms with Crippen LogP contribution < -0.4 is 0 Å². The first-order chi connectivity index (χ1) is 7.54. The smallest absolute Gasteiger partial charge is 0.147 e. The van der Waals surface area contributed by atoms with Crippen LogP contribution in [-0.2, 0) is 16.3 Å². The van der Waals surface area contributed by atoms with Crippen LogP contribution in [0.2, 0.25) is 0 Å². The van der Waals surface area contributed by atoms with E-state index < -0.39 is 9.84 Å². The van der Waals surface area contributed by atoms with E-state index in [0.29, 0.717) is 6.42 Å². The molecule has 0 aliphatic heterocycles. The summed E-state index contributed by atoms with van der Waals surface area (Å²) in [6, 6.07) is 9.85. The molecular formula is C12H13NO2S. The quantitative estimate of drug-likeness (QED) is 0.815. The predicted octanol–water partition coefficient (Wildman–Crippen LogP) is 1.82. The molecule has 0 radical (unpaired) electrons. The summed E-state index contributed by atoms with van der Waals surface area (Å²) in [4.78, 5) is 4.25. The zero-order valence-corrected chi connectivity index (χ0v) is 9.87. The van der Waals surface area contributed by atoms with Crippen molar-refractivity contribution in [1.29, 1.82) is 0 Å². The molecule has 1 heterocycles. The third-order valence-electron chi connectivity index (χ3n) is 2.42. The molecule has 2 aromatic rings. The van der Waals surface area contributed by atoms with Crippen LogP contribution in [0.5, 0.6) is 0 Å². The van der Waals surface area contributed by atoms with Crippen molar-refractivity contribution in [1.82, 2.24) is 4.98 Å². The van der Waals surface area contributed by atoms with E-state index >= 15 is 0 Å². The zero-order chi connectivity index (χ0) is 11.6. The van der Waals surface area contributed by atoms with Crippen molar-refractivity contribution >= 4 is 20.6 Å². The molecule has 0 unspecified atom stereocenters. The van der Waals surface area contributed by atoms with Crippen LogP contribution >= 0.6 is 0 Å². The van der Waals surface area contributed by atoms with E-state index in [9.17, 15) is 8.42 Å². The molecule has 84 valence electrons. The van der Waals surface area contributed by atoms with E-state index in [1.54, 1.807) is 6.20 Å². The van der Waals surface area contributed by atoms with E-state index in [2.05, 4.69) is 4.98 Å². The molecule has 0 bridgehead atoms. The lowest BCUT2D eigenvalue weighted by molar-refractivity contribution is 0.601. The Morgan fingerprint density at radius 2 is 1.88 bits per heavy atom. The molecule has 0 aliphatic rings. The van der Waals surface area contributed by atoms with Gasteiger partial charge in [-0.25, -0.2) is 8.42 Å². The number of fused-ring (bicyclic) bond motifs is 1. The van der Waals surface area contributed by atoms with Gasteiger partial charge in [0.1, 0.15) is 9.84 Å². The van der Waals surface area contributed by atoms with Gasteiger partial charge in [0.05, 0.1) is 5.75 Å². The minimum absolute atomic E-state index is 0.151. The van der Waals surface area contributed by atoms with Crippen LogP contribution in [0.4, 0.5) is 0 Å². The number of benzene rings is 1. The maximum absolute atomic E-state index is 11.0. The largest absolute Gasteiger partial charge is 0.261 e. The average Bonchev–Trinajstić information content (AvgIpc) is 2.25. The molecule has 0 aliphatic carbocycles. The Hall–Kier alpha value is -1.42. The van der Waals surface area contributed by atoms with Crippen molar-refractivity contribution < 1.29 is 8.42 Å². The number of aryl methyl sites for hydroxylation is 1. The SMILES string of the molecule is CS(=O)(=O)CCc1cc2ccccc2cn1. The monoisotopic (exact) mass is 235 g/mol. The summed E-state index contributed by atoms with van der Waals surface area (Å²) in [6.07, 6.45) is 3.50. The Labute approximate surface area is 95.1 Å². The van der Waals surface area contributed by atoms with Gasteiger partial charge in [0.25, 0.3) is 0 Å². The standard InChI is InChI=1S/C12H13NO2S/c1-16(14,15)7-6-12-8-10-4-2-3-5-11(10)9-13-12/h2-5,8-9H,6-7H2,1H3. The van der Waals surface area contributed by atoms with Crippen LogP contribution in [0.15, 0.2) is 36.5 Å². The Bertz CT molecular complexity index is 605. The van der Waals surface area contributed by atoms with Gasteiger partial charge >= 0.3 is 0 Å². The highest BCUT2D eigenvalue weighted by atomic mass is 32.2. The Morgan fingerprint density at radius 1 is 1.19 bits per heavy atom. The molecule has 1 aromatic carbocycles. The number of pyridine rings is 1. The molecule has 0 spiro atoms. The second-order valence-corrected chi connectivity index (χ2v) is 6.16. The molecule has 16 heavy (non-hydrogen) atoms. The summed E-state index contributed by atoms with van der Waals surface area (Å²) >= 11 is 0. The summed E-state index contributed by atoms with van der Waals surface area (Å²) in [7, 11) is -2.92. The Kier molecular flexibility index (Phi) is 2.92. The molecule has 0 atom stereocenters. The maximum atomic E-state index is 11.0. The fourth-order valence-corrected chi connectivity index (χ4v) is 2.14. The van der Waals surface area contributed by atoms with Gasteiger partial charge in [-0.2, -0.15) is 0 Å². The number of hydrogen-bond donors (Lipinski definition) is 0. The predicted molar refractivity (Wildman–Crippen MR) is 65.2 cm³/mol. The van der Waals surface area contributed by atoms with E-state index in [1.165, 1.54) is 6.26 Å². The highest BCUT2D eigenvalue weighted by Gasteiger charge is 2.04. The van der Waals surface area contributed by atoms with Crippen LogP contribution in [0, 0.1) is 0 Å². The number of nitrogens with zero attached hydrogens (tertiary/aromatic N) is 1. The lowest BCUT2D eigenvalue weighted by atomic mass is 10.1. The molecular weight excluding hydrogens is 222 g/mol. The average molecular weight is 235 g/mol. The third kappa shape index (κ3) is 2.79. The number of rotatable bonds is 3. The first kappa shape index (κ1) is 11.1. The van der Waals surface area contributed by atoms with Gasteiger partial charge in [-0.3, -0.25) is 4.98 Å². The van der Waals surface area contributed by atoms with Crippen LogP contribution in [0.25, 0.3) is 10.8 Å². The fraction of sp³-hybridized carbons (Fsp3) is 0.250. The molecule has 0 saturated heterocycles. The molecule has 3 nitrogen and oxygen atoms in total. The van der Waals surface area contributed by atoms with Crippen molar-refractivity contribution in [2.24, 2.45) is 0 Å². The van der Waals surface area contributed by atoms with E-state index in [-0.39, 0.29) is 5.75 Å². The highest BCUT2D eigenvalue weighted by molar-refractivity contribution is 7.90. The fourth-order valence-electron chi connectivity index (χ4n) is 1.56. The molecule has 0 fully saturated rings. The Balaban J connectivity index is 2.26. The first-order valence-electron chi connectivity index (χ1n) is 5.06. The lowest BCUT2D eigenvalue weighted by Crippen LogP contribution is -2.06. The van der Waals surface area contributed by atoms with Crippen molar-refractivity contribution in [3.8, 4) is 0 Å². The molecule has 4 heteroatoms. The summed E-state index contributed by atoms with van der Waals surface area (Å²) in [5.74, 6) is 0.151. The van der Waals surface area contributed by atoms with Gasteiger partial charge in [0.15, 0.2) is 0 Å². The minimum atomic E-state index is -2.92. The van der Waals surface area contributed by atoms with Crippen molar-refractivity contribution in [2.45, 2.75) is 6.42 Å². The normalized spacial score (nSPS) is 11.8. The van der Waals surface area contributed by atoms with Gasteiger partial charge in [0, 0.05) is 30.0 Å². The topological polar surface area (TPSA) is 47.0 Å². The van der Waals surface area contributed by atoms with Crippen molar-refractivity contribution in [3.63, 3.8) is 0 Å². The zero-order valence-electron chi connectivity index (χ0n) is 9.05. The van der Waals surface area contributed by atoms with Gasteiger partial charge < -0.3 is 0 Å².